The van der Waals surface area contributed by atoms with Gasteiger partial charge in [-0.3, -0.25) is 4.79 Å². The lowest BCUT2D eigenvalue weighted by Crippen LogP contribution is -2.39. The number of halogens is 2. The zero-order valence-corrected chi connectivity index (χ0v) is 18.3. The number of rotatable bonds is 7. The first-order valence-corrected chi connectivity index (χ1v) is 9.61. The number of nitrogens with one attached hydrogen (secondary N) is 1. The highest BCUT2D eigenvalue weighted by Crippen LogP contribution is 2.25. The van der Waals surface area contributed by atoms with Gasteiger partial charge in [0.15, 0.2) is 11.7 Å². The molecule has 1 aromatic heterocycles. The largest absolute Gasteiger partial charge is 0.440 e. The molecule has 1 saturated heterocycles. The van der Waals surface area contributed by atoms with E-state index in [1.54, 1.807) is 0 Å². The molecule has 1 aromatic carbocycles. The van der Waals surface area contributed by atoms with Crippen molar-refractivity contribution in [2.24, 2.45) is 5.92 Å². The summed E-state index contributed by atoms with van der Waals surface area (Å²) in [5, 5.41) is 3.21. The Balaban J connectivity index is 0.00000196. The molecule has 5 nitrogen and oxygen atoms in total. The average molecular weight is 428 g/mol. The molecule has 0 aliphatic carbocycles. The van der Waals surface area contributed by atoms with E-state index in [9.17, 15) is 4.79 Å². The predicted octanol–water partition coefficient (Wildman–Crippen LogP) is 4.27. The lowest BCUT2D eigenvalue weighted by molar-refractivity contribution is -0.132. The quantitative estimate of drug-likeness (QED) is 0.716. The highest BCUT2D eigenvalue weighted by atomic mass is 35.5. The molecule has 0 spiro atoms. The molecule has 2 heterocycles. The number of hydrogen-bond donors (Lipinski definition) is 1. The summed E-state index contributed by atoms with van der Waals surface area (Å²) in [6.45, 7) is 4.78. The van der Waals surface area contributed by atoms with Crippen LogP contribution < -0.4 is 5.32 Å². The van der Waals surface area contributed by atoms with Crippen LogP contribution in [0.15, 0.2) is 34.7 Å². The van der Waals surface area contributed by atoms with Crippen molar-refractivity contribution in [3.8, 4) is 11.3 Å². The van der Waals surface area contributed by atoms with Gasteiger partial charge in [0.2, 0.25) is 5.91 Å². The van der Waals surface area contributed by atoms with Gasteiger partial charge in [-0.15, -0.1) is 24.8 Å². The van der Waals surface area contributed by atoms with E-state index >= 15 is 0 Å². The van der Waals surface area contributed by atoms with Gasteiger partial charge in [-0.2, -0.15) is 0 Å². The molecule has 1 amide bonds. The van der Waals surface area contributed by atoms with E-state index in [4.69, 9.17) is 4.42 Å². The fourth-order valence-electron chi connectivity index (χ4n) is 3.61. The van der Waals surface area contributed by atoms with E-state index < -0.39 is 0 Å². The van der Waals surface area contributed by atoms with Gasteiger partial charge in [0.25, 0.3) is 0 Å². The number of benzene rings is 1. The van der Waals surface area contributed by atoms with Crippen molar-refractivity contribution in [3.05, 3.63) is 41.9 Å². The molecule has 0 atom stereocenters. The standard InChI is InChI=1S/C21H29N3O2.2ClH/c1-16-21(18-6-4-3-5-7-18)26-19(23-16)8-9-20(25)24-14-11-17(12-15-24)10-13-22-2;;/h3-7,17,22H,8-15H2,1-2H3;2*1H. The Bertz CT molecular complexity index is 714. The third-order valence-corrected chi connectivity index (χ3v) is 5.20. The first kappa shape index (κ1) is 24.5. The van der Waals surface area contributed by atoms with Crippen LogP contribution >= 0.6 is 24.8 Å². The summed E-state index contributed by atoms with van der Waals surface area (Å²) in [4.78, 5) is 19.0. The molecule has 1 fully saturated rings. The molecule has 0 unspecified atom stereocenters. The summed E-state index contributed by atoms with van der Waals surface area (Å²) in [6, 6.07) is 9.99. The molecule has 1 N–H and O–H groups in total. The summed E-state index contributed by atoms with van der Waals surface area (Å²) in [5.41, 5.74) is 1.91. The first-order valence-electron chi connectivity index (χ1n) is 9.61. The third kappa shape index (κ3) is 6.50. The molecule has 156 valence electrons. The molecule has 0 radical (unpaired) electrons. The van der Waals surface area contributed by atoms with Crippen molar-refractivity contribution in [1.29, 1.82) is 0 Å². The Morgan fingerprint density at radius 2 is 1.89 bits per heavy atom. The molecule has 1 aliphatic rings. The van der Waals surface area contributed by atoms with E-state index in [-0.39, 0.29) is 30.7 Å². The number of hydrogen-bond acceptors (Lipinski definition) is 4. The smallest absolute Gasteiger partial charge is 0.223 e. The number of aromatic nitrogens is 1. The second-order valence-electron chi connectivity index (χ2n) is 7.10. The normalized spacial score (nSPS) is 14.3. The van der Waals surface area contributed by atoms with Gasteiger partial charge in [-0.1, -0.05) is 30.3 Å². The Hall–Kier alpha value is -1.56. The maximum absolute atomic E-state index is 12.5. The molecular formula is C21H31Cl2N3O2. The maximum Gasteiger partial charge on any atom is 0.223 e. The number of likely N-dealkylation sites (tertiary alicyclic amines) is 1. The minimum atomic E-state index is 0. The molecule has 2 aromatic rings. The SMILES string of the molecule is CNCCC1CCN(C(=O)CCc2nc(C)c(-c3ccccc3)o2)CC1.Cl.Cl. The Labute approximate surface area is 180 Å². The van der Waals surface area contributed by atoms with Crippen LogP contribution in [0.4, 0.5) is 0 Å². The van der Waals surface area contributed by atoms with Crippen molar-refractivity contribution in [2.75, 3.05) is 26.7 Å². The van der Waals surface area contributed by atoms with E-state index in [2.05, 4.69) is 10.3 Å². The van der Waals surface area contributed by atoms with Crippen LogP contribution in [0.1, 0.15) is 37.3 Å². The summed E-state index contributed by atoms with van der Waals surface area (Å²) in [6.07, 6.45) is 4.46. The van der Waals surface area contributed by atoms with E-state index in [1.165, 1.54) is 6.42 Å². The van der Waals surface area contributed by atoms with Crippen molar-refractivity contribution in [1.82, 2.24) is 15.2 Å². The zero-order chi connectivity index (χ0) is 18.4. The van der Waals surface area contributed by atoms with Crippen LogP contribution in [0.5, 0.6) is 0 Å². The lowest BCUT2D eigenvalue weighted by Gasteiger charge is -2.32. The number of nitrogens with zero attached hydrogens (tertiary/aromatic N) is 2. The number of carbonyl (C=O) groups is 1. The van der Waals surface area contributed by atoms with Gasteiger partial charge in [0.05, 0.1) is 5.69 Å². The van der Waals surface area contributed by atoms with E-state index in [0.717, 1.165) is 55.4 Å². The fourth-order valence-corrected chi connectivity index (χ4v) is 3.61. The number of piperidine rings is 1. The van der Waals surface area contributed by atoms with Gasteiger partial charge in [-0.25, -0.2) is 4.98 Å². The van der Waals surface area contributed by atoms with Crippen LogP contribution in [0.25, 0.3) is 11.3 Å². The van der Waals surface area contributed by atoms with Crippen LogP contribution in [-0.2, 0) is 11.2 Å². The van der Waals surface area contributed by atoms with Crippen molar-refractivity contribution >= 4 is 30.7 Å². The first-order chi connectivity index (χ1) is 12.7. The van der Waals surface area contributed by atoms with Crippen LogP contribution in [0.2, 0.25) is 0 Å². The van der Waals surface area contributed by atoms with Crippen LogP contribution in [0, 0.1) is 12.8 Å². The van der Waals surface area contributed by atoms with Gasteiger partial charge < -0.3 is 14.6 Å². The number of amides is 1. The highest BCUT2D eigenvalue weighted by molar-refractivity contribution is 5.85. The van der Waals surface area contributed by atoms with Crippen LogP contribution in [0.3, 0.4) is 0 Å². The Morgan fingerprint density at radius 3 is 2.54 bits per heavy atom. The third-order valence-electron chi connectivity index (χ3n) is 5.20. The van der Waals surface area contributed by atoms with E-state index in [0.29, 0.717) is 18.7 Å². The average Bonchev–Trinajstić information content (AvgIpc) is 3.06. The summed E-state index contributed by atoms with van der Waals surface area (Å²) in [5.74, 6) is 2.42. The predicted molar refractivity (Wildman–Crippen MR) is 117 cm³/mol. The molecule has 28 heavy (non-hydrogen) atoms. The minimum absolute atomic E-state index is 0. The van der Waals surface area contributed by atoms with Crippen molar-refractivity contribution in [2.45, 2.75) is 39.0 Å². The van der Waals surface area contributed by atoms with Gasteiger partial charge in [-0.05, 0) is 45.7 Å². The molecule has 0 saturated carbocycles. The van der Waals surface area contributed by atoms with Gasteiger partial charge >= 0.3 is 0 Å². The summed E-state index contributed by atoms with van der Waals surface area (Å²) in [7, 11) is 1.99. The van der Waals surface area contributed by atoms with Gasteiger partial charge in [0.1, 0.15) is 0 Å². The summed E-state index contributed by atoms with van der Waals surface area (Å²) < 4.78 is 5.91. The minimum Gasteiger partial charge on any atom is -0.440 e. The maximum atomic E-state index is 12.5. The second kappa shape index (κ2) is 12.1. The van der Waals surface area contributed by atoms with E-state index in [1.807, 2.05) is 49.2 Å². The van der Waals surface area contributed by atoms with Crippen molar-refractivity contribution in [3.63, 3.8) is 0 Å². The number of aryl methyl sites for hydroxylation is 2. The molecule has 0 bridgehead atoms. The topological polar surface area (TPSA) is 58.4 Å². The number of oxazole rings is 1. The Morgan fingerprint density at radius 1 is 1.21 bits per heavy atom. The molecule has 7 heteroatoms. The Kier molecular flexibility index (Phi) is 10.6. The highest BCUT2D eigenvalue weighted by Gasteiger charge is 2.23. The fraction of sp³-hybridized carbons (Fsp3) is 0.524. The van der Waals surface area contributed by atoms with Crippen molar-refractivity contribution < 1.29 is 9.21 Å². The van der Waals surface area contributed by atoms with Crippen LogP contribution in [-0.4, -0.2) is 42.5 Å². The zero-order valence-electron chi connectivity index (χ0n) is 16.6. The summed E-state index contributed by atoms with van der Waals surface area (Å²) >= 11 is 0. The molecule has 1 aliphatic heterocycles. The monoisotopic (exact) mass is 427 g/mol. The molecule has 3 rings (SSSR count). The molecular weight excluding hydrogens is 397 g/mol. The second-order valence-corrected chi connectivity index (χ2v) is 7.10. The van der Waals surface area contributed by atoms with Gasteiger partial charge in [0, 0.05) is 31.5 Å². The lowest BCUT2D eigenvalue weighted by atomic mass is 9.93. The number of carbonyl (C=O) groups excluding carboxylic acids is 1.